The minimum absolute atomic E-state index is 0.686. The predicted octanol–water partition coefficient (Wildman–Crippen LogP) is 4.88. The second kappa shape index (κ2) is 5.26. The summed E-state index contributed by atoms with van der Waals surface area (Å²) in [6, 6.07) is 11.2. The van der Waals surface area contributed by atoms with Crippen LogP contribution in [0.3, 0.4) is 0 Å². The Hall–Kier alpha value is -2.26. The van der Waals surface area contributed by atoms with Gasteiger partial charge in [0.25, 0.3) is 0 Å². The number of fused-ring (bicyclic) bond motifs is 1. The second-order valence-corrected chi connectivity index (χ2v) is 5.49. The van der Waals surface area contributed by atoms with Crippen LogP contribution in [0.5, 0.6) is 11.5 Å². The third kappa shape index (κ3) is 2.65. The number of aromatic nitrogens is 1. The fraction of sp³-hybridized carbons (Fsp3) is 0.118. The fourth-order valence-electron chi connectivity index (χ4n) is 2.40. The maximum Gasteiger partial charge on any atom is 0.138 e. The van der Waals surface area contributed by atoms with Gasteiger partial charge >= 0.3 is 0 Å². The van der Waals surface area contributed by atoms with Crippen LogP contribution in [-0.4, -0.2) is 4.98 Å². The summed E-state index contributed by atoms with van der Waals surface area (Å²) in [7, 11) is 0. The van der Waals surface area contributed by atoms with Crippen molar-refractivity contribution in [3.8, 4) is 11.5 Å². The van der Waals surface area contributed by atoms with Gasteiger partial charge in [-0.3, -0.25) is 4.98 Å². The van der Waals surface area contributed by atoms with E-state index in [1.165, 1.54) is 0 Å². The molecule has 0 saturated carbocycles. The molecule has 0 atom stereocenters. The van der Waals surface area contributed by atoms with Gasteiger partial charge in [-0.2, -0.15) is 0 Å². The third-order valence-electron chi connectivity index (χ3n) is 3.36. The largest absolute Gasteiger partial charge is 0.456 e. The van der Waals surface area contributed by atoms with Gasteiger partial charge in [-0.1, -0.05) is 11.6 Å². The van der Waals surface area contributed by atoms with E-state index in [4.69, 9.17) is 22.1 Å². The van der Waals surface area contributed by atoms with E-state index < -0.39 is 0 Å². The molecule has 0 unspecified atom stereocenters. The van der Waals surface area contributed by atoms with Gasteiger partial charge < -0.3 is 10.5 Å². The van der Waals surface area contributed by atoms with Gasteiger partial charge in [0.05, 0.1) is 5.52 Å². The summed E-state index contributed by atoms with van der Waals surface area (Å²) in [5, 5.41) is 1.64. The van der Waals surface area contributed by atoms with Gasteiger partial charge in [0.2, 0.25) is 0 Å². The molecule has 4 heteroatoms. The number of nitrogens with zero attached hydrogens (tertiary/aromatic N) is 1. The highest BCUT2D eigenvalue weighted by atomic mass is 35.5. The Morgan fingerprint density at radius 2 is 1.76 bits per heavy atom. The average molecular weight is 299 g/mol. The highest BCUT2D eigenvalue weighted by Crippen LogP contribution is 2.34. The number of rotatable bonds is 2. The number of hydrogen-bond donors (Lipinski definition) is 1. The molecule has 2 aromatic carbocycles. The Morgan fingerprint density at radius 1 is 1.05 bits per heavy atom. The standard InChI is InChI=1S/C17H15ClN2O/c1-10-7-12(18)8-11(2)17(10)21-16-5-6-20-15-9-13(19)3-4-14(15)16/h3-9H,19H2,1-2H3. The van der Waals surface area contributed by atoms with Crippen LogP contribution in [0.2, 0.25) is 5.02 Å². The van der Waals surface area contributed by atoms with Crippen molar-refractivity contribution >= 4 is 28.2 Å². The molecular weight excluding hydrogens is 284 g/mol. The summed E-state index contributed by atoms with van der Waals surface area (Å²) in [6.07, 6.45) is 1.72. The highest BCUT2D eigenvalue weighted by molar-refractivity contribution is 6.30. The first kappa shape index (κ1) is 13.7. The van der Waals surface area contributed by atoms with Crippen molar-refractivity contribution in [2.75, 3.05) is 5.73 Å². The average Bonchev–Trinajstić information content (AvgIpc) is 2.42. The molecule has 1 heterocycles. The minimum atomic E-state index is 0.686. The lowest BCUT2D eigenvalue weighted by Gasteiger charge is -2.14. The van der Waals surface area contributed by atoms with Crippen LogP contribution in [0.1, 0.15) is 11.1 Å². The van der Waals surface area contributed by atoms with Crippen molar-refractivity contribution in [1.29, 1.82) is 0 Å². The van der Waals surface area contributed by atoms with Gasteiger partial charge in [0.15, 0.2) is 0 Å². The number of ether oxygens (including phenoxy) is 1. The topological polar surface area (TPSA) is 48.1 Å². The molecule has 1 aromatic heterocycles. The number of anilines is 1. The minimum Gasteiger partial charge on any atom is -0.456 e. The van der Waals surface area contributed by atoms with Crippen LogP contribution in [0.25, 0.3) is 10.9 Å². The second-order valence-electron chi connectivity index (χ2n) is 5.06. The molecule has 3 aromatic rings. The van der Waals surface area contributed by atoms with Crippen molar-refractivity contribution < 1.29 is 4.74 Å². The molecule has 3 nitrogen and oxygen atoms in total. The lowest BCUT2D eigenvalue weighted by molar-refractivity contribution is 0.480. The maximum atomic E-state index is 6.11. The Morgan fingerprint density at radius 3 is 2.48 bits per heavy atom. The summed E-state index contributed by atoms with van der Waals surface area (Å²) >= 11 is 6.06. The maximum absolute atomic E-state index is 6.11. The molecule has 2 N–H and O–H groups in total. The first-order valence-corrected chi connectivity index (χ1v) is 7.01. The lowest BCUT2D eigenvalue weighted by Crippen LogP contribution is -1.93. The fourth-order valence-corrected chi connectivity index (χ4v) is 2.72. The van der Waals surface area contributed by atoms with Crippen LogP contribution >= 0.6 is 11.6 Å². The normalized spacial score (nSPS) is 10.8. The van der Waals surface area contributed by atoms with Gasteiger partial charge in [-0.15, -0.1) is 0 Å². The van der Waals surface area contributed by atoms with Crippen molar-refractivity contribution in [3.05, 3.63) is 58.7 Å². The number of benzene rings is 2. The lowest BCUT2D eigenvalue weighted by atomic mass is 10.1. The Labute approximate surface area is 128 Å². The molecule has 0 fully saturated rings. The van der Waals surface area contributed by atoms with Gasteiger partial charge in [0.1, 0.15) is 11.5 Å². The van der Waals surface area contributed by atoms with E-state index in [2.05, 4.69) is 4.98 Å². The van der Waals surface area contributed by atoms with Crippen molar-refractivity contribution in [3.63, 3.8) is 0 Å². The first-order chi connectivity index (χ1) is 10.0. The van der Waals surface area contributed by atoms with Crippen LogP contribution in [0.15, 0.2) is 42.6 Å². The van der Waals surface area contributed by atoms with Crippen molar-refractivity contribution in [1.82, 2.24) is 4.98 Å². The molecule has 106 valence electrons. The third-order valence-corrected chi connectivity index (χ3v) is 3.58. The molecule has 0 aliphatic carbocycles. The molecule has 0 radical (unpaired) electrons. The Kier molecular flexibility index (Phi) is 3.43. The van der Waals surface area contributed by atoms with Gasteiger partial charge in [-0.05, 0) is 61.4 Å². The summed E-state index contributed by atoms with van der Waals surface area (Å²) < 4.78 is 6.11. The van der Waals surface area contributed by atoms with E-state index >= 15 is 0 Å². The summed E-state index contributed by atoms with van der Waals surface area (Å²) in [5.41, 5.74) is 9.30. The van der Waals surface area contributed by atoms with Crippen LogP contribution in [-0.2, 0) is 0 Å². The molecule has 21 heavy (non-hydrogen) atoms. The molecule has 3 rings (SSSR count). The van der Waals surface area contributed by atoms with Crippen molar-refractivity contribution in [2.24, 2.45) is 0 Å². The van der Waals surface area contributed by atoms with Crippen LogP contribution in [0.4, 0.5) is 5.69 Å². The molecule has 0 amide bonds. The number of nitrogen functional groups attached to an aromatic ring is 1. The monoisotopic (exact) mass is 298 g/mol. The van der Waals surface area contributed by atoms with Gasteiger partial charge in [-0.25, -0.2) is 0 Å². The Bertz CT molecular complexity index is 807. The molecule has 0 saturated heterocycles. The SMILES string of the molecule is Cc1cc(Cl)cc(C)c1Oc1ccnc2cc(N)ccc12. The Balaban J connectivity index is 2.11. The van der Waals surface area contributed by atoms with Crippen LogP contribution in [0, 0.1) is 13.8 Å². The quantitative estimate of drug-likeness (QED) is 0.686. The van der Waals surface area contributed by atoms with E-state index in [-0.39, 0.29) is 0 Å². The predicted molar refractivity (Wildman–Crippen MR) is 87.2 cm³/mol. The van der Waals surface area contributed by atoms with E-state index in [9.17, 15) is 0 Å². The number of aryl methyl sites for hydroxylation is 2. The van der Waals surface area contributed by atoms with E-state index in [0.717, 1.165) is 33.5 Å². The summed E-state index contributed by atoms with van der Waals surface area (Å²) in [4.78, 5) is 4.32. The van der Waals surface area contributed by atoms with E-state index in [1.807, 2.05) is 50.2 Å². The number of halogens is 1. The summed E-state index contributed by atoms with van der Waals surface area (Å²) in [6.45, 7) is 3.96. The summed E-state index contributed by atoms with van der Waals surface area (Å²) in [5.74, 6) is 1.58. The zero-order chi connectivity index (χ0) is 15.0. The molecular formula is C17H15ClN2O. The van der Waals surface area contributed by atoms with E-state index in [0.29, 0.717) is 10.7 Å². The zero-order valence-electron chi connectivity index (χ0n) is 11.9. The first-order valence-electron chi connectivity index (χ1n) is 6.63. The number of nitrogens with two attached hydrogens (primary N) is 1. The number of pyridine rings is 1. The molecule has 0 aliphatic rings. The smallest absolute Gasteiger partial charge is 0.138 e. The molecule has 0 spiro atoms. The number of hydrogen-bond acceptors (Lipinski definition) is 3. The molecule has 0 bridgehead atoms. The zero-order valence-corrected chi connectivity index (χ0v) is 12.6. The highest BCUT2D eigenvalue weighted by Gasteiger charge is 2.10. The van der Waals surface area contributed by atoms with Gasteiger partial charge in [0, 0.05) is 22.3 Å². The van der Waals surface area contributed by atoms with Crippen LogP contribution < -0.4 is 10.5 Å². The van der Waals surface area contributed by atoms with Crippen molar-refractivity contribution in [2.45, 2.75) is 13.8 Å². The van der Waals surface area contributed by atoms with E-state index in [1.54, 1.807) is 6.20 Å². The molecule has 0 aliphatic heterocycles.